The van der Waals surface area contributed by atoms with Gasteiger partial charge in [0.1, 0.15) is 0 Å². The van der Waals surface area contributed by atoms with Gasteiger partial charge in [-0.2, -0.15) is 0 Å². The fraction of sp³-hybridized carbons (Fsp3) is 0.684. The van der Waals surface area contributed by atoms with Crippen LogP contribution < -0.4 is 5.32 Å². The van der Waals surface area contributed by atoms with Crippen LogP contribution in [0.2, 0.25) is 0 Å². The Morgan fingerprint density at radius 3 is 3.04 bits per heavy atom. The van der Waals surface area contributed by atoms with E-state index >= 15 is 0 Å². The monoisotopic (exact) mass is 380 g/mol. The van der Waals surface area contributed by atoms with Gasteiger partial charge in [0, 0.05) is 32.8 Å². The molecule has 1 aromatic heterocycles. The second-order valence-electron chi connectivity index (χ2n) is 6.92. The fourth-order valence-electron chi connectivity index (χ4n) is 3.45. The summed E-state index contributed by atoms with van der Waals surface area (Å²) in [6, 6.07) is 3.72. The van der Waals surface area contributed by atoms with Crippen molar-refractivity contribution in [1.82, 2.24) is 10.2 Å². The van der Waals surface area contributed by atoms with Gasteiger partial charge in [0.2, 0.25) is 5.91 Å². The highest BCUT2D eigenvalue weighted by atomic mass is 32.1. The van der Waals surface area contributed by atoms with Gasteiger partial charge in [0.05, 0.1) is 23.5 Å². The van der Waals surface area contributed by atoms with Crippen LogP contribution in [0.1, 0.15) is 41.8 Å². The summed E-state index contributed by atoms with van der Waals surface area (Å²) in [6.45, 7) is 3.98. The van der Waals surface area contributed by atoms with E-state index in [1.807, 2.05) is 22.4 Å². The van der Waals surface area contributed by atoms with Crippen molar-refractivity contribution in [2.24, 2.45) is 5.92 Å². The third-order valence-electron chi connectivity index (χ3n) is 4.90. The molecule has 2 amide bonds. The van der Waals surface area contributed by atoms with Gasteiger partial charge < -0.3 is 19.7 Å². The lowest BCUT2D eigenvalue weighted by atomic mass is 9.97. The van der Waals surface area contributed by atoms with Crippen LogP contribution in [-0.2, 0) is 14.3 Å². The third kappa shape index (κ3) is 5.53. The number of thiophene rings is 1. The Labute approximate surface area is 158 Å². The summed E-state index contributed by atoms with van der Waals surface area (Å²) in [6.07, 6.45) is 4.97. The summed E-state index contributed by atoms with van der Waals surface area (Å²) in [5.41, 5.74) is 0. The molecule has 0 aliphatic carbocycles. The van der Waals surface area contributed by atoms with Gasteiger partial charge in [0.15, 0.2) is 0 Å². The van der Waals surface area contributed by atoms with Gasteiger partial charge in [-0.3, -0.25) is 9.59 Å². The number of hydrogen-bond acceptors (Lipinski definition) is 5. The summed E-state index contributed by atoms with van der Waals surface area (Å²) >= 11 is 1.45. The van der Waals surface area contributed by atoms with Gasteiger partial charge in [-0.15, -0.1) is 11.3 Å². The molecule has 0 bridgehead atoms. The van der Waals surface area contributed by atoms with Gasteiger partial charge in [-0.1, -0.05) is 6.07 Å². The average molecular weight is 381 g/mol. The maximum absolute atomic E-state index is 12.4. The first-order valence-electron chi connectivity index (χ1n) is 9.54. The molecule has 2 saturated heterocycles. The molecular formula is C19H28N2O4S. The molecule has 3 heterocycles. The summed E-state index contributed by atoms with van der Waals surface area (Å²) in [5, 5.41) is 4.89. The number of amides is 2. The number of rotatable bonds is 8. The largest absolute Gasteiger partial charge is 0.379 e. The molecule has 1 N–H and O–H groups in total. The summed E-state index contributed by atoms with van der Waals surface area (Å²) < 4.78 is 11.1. The van der Waals surface area contributed by atoms with Gasteiger partial charge >= 0.3 is 0 Å². The van der Waals surface area contributed by atoms with Gasteiger partial charge in [-0.05, 0) is 43.6 Å². The Balaban J connectivity index is 1.31. The van der Waals surface area contributed by atoms with E-state index in [0.717, 1.165) is 50.1 Å². The standard InChI is InChI=1S/C19H28N2O4S/c22-18(20-8-4-10-24-14-16-6-2-11-25-16)15-5-1-9-21(13-15)19(23)17-7-3-12-26-17/h3,7,12,15-16H,1-2,4-6,8-11,13-14H2,(H,20,22). The molecule has 2 unspecified atom stereocenters. The lowest BCUT2D eigenvalue weighted by Gasteiger charge is -2.31. The normalized spacial score (nSPS) is 23.2. The number of likely N-dealkylation sites (tertiary alicyclic amines) is 1. The summed E-state index contributed by atoms with van der Waals surface area (Å²) in [7, 11) is 0. The van der Waals surface area contributed by atoms with Crippen molar-refractivity contribution in [3.8, 4) is 0 Å². The molecule has 1 aromatic rings. The second-order valence-corrected chi connectivity index (χ2v) is 7.87. The molecular weight excluding hydrogens is 352 g/mol. The molecule has 144 valence electrons. The maximum atomic E-state index is 12.4. The Hall–Kier alpha value is -1.44. The maximum Gasteiger partial charge on any atom is 0.263 e. The molecule has 3 rings (SSSR count). The molecule has 0 spiro atoms. The highest BCUT2D eigenvalue weighted by Crippen LogP contribution is 2.20. The van der Waals surface area contributed by atoms with Crippen molar-refractivity contribution in [2.45, 2.75) is 38.2 Å². The molecule has 0 saturated carbocycles. The molecule has 7 heteroatoms. The summed E-state index contributed by atoms with van der Waals surface area (Å²) in [4.78, 5) is 27.4. The van der Waals surface area contributed by atoms with Crippen molar-refractivity contribution < 1.29 is 19.1 Å². The minimum atomic E-state index is -0.111. The molecule has 2 aliphatic rings. The zero-order valence-electron chi connectivity index (χ0n) is 15.2. The lowest BCUT2D eigenvalue weighted by Crippen LogP contribution is -2.45. The molecule has 6 nitrogen and oxygen atoms in total. The Morgan fingerprint density at radius 2 is 2.27 bits per heavy atom. The molecule has 2 aliphatic heterocycles. The zero-order chi connectivity index (χ0) is 18.2. The lowest BCUT2D eigenvalue weighted by molar-refractivity contribution is -0.126. The van der Waals surface area contributed by atoms with Crippen LogP contribution in [0.25, 0.3) is 0 Å². The number of carbonyl (C=O) groups excluding carboxylic acids is 2. The van der Waals surface area contributed by atoms with E-state index in [4.69, 9.17) is 9.47 Å². The number of nitrogens with one attached hydrogen (secondary N) is 1. The molecule has 26 heavy (non-hydrogen) atoms. The SMILES string of the molecule is O=C(NCCCOCC1CCCO1)C1CCCN(C(=O)c2cccs2)C1. The second kappa shape index (κ2) is 10.0. The number of carbonyl (C=O) groups is 2. The predicted molar refractivity (Wildman–Crippen MR) is 100 cm³/mol. The predicted octanol–water partition coefficient (Wildman–Crippen LogP) is 2.30. The van der Waals surface area contributed by atoms with Crippen molar-refractivity contribution in [2.75, 3.05) is 39.5 Å². The molecule has 2 fully saturated rings. The van der Waals surface area contributed by atoms with E-state index < -0.39 is 0 Å². The van der Waals surface area contributed by atoms with Crippen LogP contribution in [0, 0.1) is 5.92 Å². The van der Waals surface area contributed by atoms with Crippen molar-refractivity contribution in [1.29, 1.82) is 0 Å². The van der Waals surface area contributed by atoms with E-state index in [2.05, 4.69) is 5.32 Å². The molecule has 0 radical (unpaired) electrons. The van der Waals surface area contributed by atoms with Crippen molar-refractivity contribution in [3.05, 3.63) is 22.4 Å². The van der Waals surface area contributed by atoms with E-state index in [1.54, 1.807) is 0 Å². The van der Waals surface area contributed by atoms with E-state index in [9.17, 15) is 9.59 Å². The fourth-order valence-corrected chi connectivity index (χ4v) is 4.14. The first-order valence-corrected chi connectivity index (χ1v) is 10.4. The average Bonchev–Trinajstić information content (AvgIpc) is 3.37. The third-order valence-corrected chi connectivity index (χ3v) is 5.76. The van der Waals surface area contributed by atoms with Gasteiger partial charge in [-0.25, -0.2) is 0 Å². The minimum absolute atomic E-state index is 0.0417. The van der Waals surface area contributed by atoms with E-state index in [-0.39, 0.29) is 23.8 Å². The number of hydrogen-bond donors (Lipinski definition) is 1. The Kier molecular flexibility index (Phi) is 7.46. The van der Waals surface area contributed by atoms with Crippen LogP contribution in [0.5, 0.6) is 0 Å². The zero-order valence-corrected chi connectivity index (χ0v) is 16.0. The highest BCUT2D eigenvalue weighted by Gasteiger charge is 2.29. The highest BCUT2D eigenvalue weighted by molar-refractivity contribution is 7.12. The summed E-state index contributed by atoms with van der Waals surface area (Å²) in [5.74, 6) is -0.0201. The van der Waals surface area contributed by atoms with Gasteiger partial charge in [0.25, 0.3) is 5.91 Å². The van der Waals surface area contributed by atoms with E-state index in [0.29, 0.717) is 26.3 Å². The minimum Gasteiger partial charge on any atom is -0.379 e. The van der Waals surface area contributed by atoms with Crippen LogP contribution in [0.4, 0.5) is 0 Å². The van der Waals surface area contributed by atoms with Crippen LogP contribution in [0.15, 0.2) is 17.5 Å². The van der Waals surface area contributed by atoms with E-state index in [1.165, 1.54) is 11.3 Å². The number of nitrogens with zero attached hydrogens (tertiary/aromatic N) is 1. The smallest absolute Gasteiger partial charge is 0.263 e. The first-order chi connectivity index (χ1) is 12.7. The molecule has 0 aromatic carbocycles. The first kappa shape index (κ1) is 19.3. The number of ether oxygens (including phenoxy) is 2. The Bertz CT molecular complexity index is 572. The van der Waals surface area contributed by atoms with Crippen LogP contribution in [-0.4, -0.2) is 62.3 Å². The van der Waals surface area contributed by atoms with Crippen LogP contribution in [0.3, 0.4) is 0 Å². The Morgan fingerprint density at radius 1 is 1.35 bits per heavy atom. The topological polar surface area (TPSA) is 67.9 Å². The number of piperidine rings is 1. The van der Waals surface area contributed by atoms with Crippen molar-refractivity contribution >= 4 is 23.2 Å². The van der Waals surface area contributed by atoms with Crippen molar-refractivity contribution in [3.63, 3.8) is 0 Å². The quantitative estimate of drug-likeness (QED) is 0.703. The van der Waals surface area contributed by atoms with Crippen LogP contribution >= 0.6 is 11.3 Å². The molecule has 2 atom stereocenters.